The van der Waals surface area contributed by atoms with Gasteiger partial charge in [-0.2, -0.15) is 0 Å². The highest BCUT2D eigenvalue weighted by molar-refractivity contribution is 5.97. The lowest BCUT2D eigenvalue weighted by Crippen LogP contribution is -2.30. The number of likely N-dealkylation sites (tertiary alicyclic amines) is 1. The van der Waals surface area contributed by atoms with Gasteiger partial charge in [-0.3, -0.25) is 9.59 Å². The van der Waals surface area contributed by atoms with Crippen LogP contribution in [0.1, 0.15) is 28.3 Å². The van der Waals surface area contributed by atoms with Gasteiger partial charge in [0.25, 0.3) is 11.8 Å². The van der Waals surface area contributed by atoms with Crippen LogP contribution >= 0.6 is 0 Å². The minimum Gasteiger partial charge on any atom is -0.496 e. The summed E-state index contributed by atoms with van der Waals surface area (Å²) in [5.41, 5.74) is 1.61. The predicted octanol–water partition coefficient (Wildman–Crippen LogP) is 2.79. The summed E-state index contributed by atoms with van der Waals surface area (Å²) in [7, 11) is 5.01. The molecule has 2 aromatic rings. The smallest absolute Gasteiger partial charge is 0.259 e. The molecule has 1 fully saturated rings. The Hall–Kier alpha value is -3.02. The molecule has 1 aliphatic heterocycles. The Bertz CT molecular complexity index is 850. The maximum Gasteiger partial charge on any atom is 0.259 e. The van der Waals surface area contributed by atoms with E-state index in [0.717, 1.165) is 17.7 Å². The van der Waals surface area contributed by atoms with Gasteiger partial charge in [0.05, 0.1) is 12.7 Å². The molecular weight excluding hydrogens is 356 g/mol. The molecule has 6 nitrogen and oxygen atoms in total. The monoisotopic (exact) mass is 382 g/mol. The minimum atomic E-state index is -0.153. The number of amides is 2. The fourth-order valence-electron chi connectivity index (χ4n) is 3.41. The van der Waals surface area contributed by atoms with Gasteiger partial charge in [0.15, 0.2) is 6.61 Å². The summed E-state index contributed by atoms with van der Waals surface area (Å²) in [5.74, 6) is 1.30. The first kappa shape index (κ1) is 19.7. The molecule has 28 heavy (non-hydrogen) atoms. The van der Waals surface area contributed by atoms with Crippen LogP contribution in [0, 0.1) is 0 Å². The van der Waals surface area contributed by atoms with E-state index in [9.17, 15) is 9.59 Å². The molecule has 6 heteroatoms. The van der Waals surface area contributed by atoms with Crippen LogP contribution in [-0.4, -0.2) is 62.5 Å². The predicted molar refractivity (Wildman–Crippen MR) is 107 cm³/mol. The zero-order valence-electron chi connectivity index (χ0n) is 16.6. The highest BCUT2D eigenvalue weighted by Crippen LogP contribution is 2.34. The number of nitrogens with zero attached hydrogens (tertiary/aromatic N) is 2. The van der Waals surface area contributed by atoms with Crippen LogP contribution in [0.2, 0.25) is 0 Å². The molecule has 1 aliphatic rings. The van der Waals surface area contributed by atoms with Crippen molar-refractivity contribution in [2.45, 2.75) is 12.3 Å². The number of benzene rings is 2. The average molecular weight is 382 g/mol. The third-order valence-corrected chi connectivity index (χ3v) is 5.02. The molecule has 0 radical (unpaired) electrons. The summed E-state index contributed by atoms with van der Waals surface area (Å²) in [5, 5.41) is 0. The molecule has 0 saturated carbocycles. The molecule has 1 unspecified atom stereocenters. The number of carbonyl (C=O) groups is 2. The number of likely N-dealkylation sites (N-methyl/N-ethyl adjacent to an activating group) is 1. The van der Waals surface area contributed by atoms with Gasteiger partial charge in [0.2, 0.25) is 0 Å². The average Bonchev–Trinajstić information content (AvgIpc) is 3.21. The number of ether oxygens (including phenoxy) is 2. The Morgan fingerprint density at radius 3 is 2.46 bits per heavy atom. The fourth-order valence-corrected chi connectivity index (χ4v) is 3.41. The Labute approximate surface area is 165 Å². The summed E-state index contributed by atoms with van der Waals surface area (Å²) < 4.78 is 11.1. The van der Waals surface area contributed by atoms with E-state index in [4.69, 9.17) is 9.47 Å². The molecule has 1 heterocycles. The van der Waals surface area contributed by atoms with Crippen LogP contribution in [0.4, 0.5) is 0 Å². The van der Waals surface area contributed by atoms with Crippen LogP contribution < -0.4 is 9.47 Å². The molecule has 3 rings (SSSR count). The van der Waals surface area contributed by atoms with Crippen LogP contribution in [0.15, 0.2) is 48.5 Å². The van der Waals surface area contributed by atoms with E-state index < -0.39 is 0 Å². The molecule has 0 aromatic heterocycles. The van der Waals surface area contributed by atoms with E-state index in [0.29, 0.717) is 24.4 Å². The number of hydrogen-bond acceptors (Lipinski definition) is 4. The topological polar surface area (TPSA) is 59.1 Å². The number of rotatable bonds is 6. The SMILES string of the molecule is COc1ccccc1C1CCN(C(=O)c2ccccc2OCC(=O)N(C)C)C1. The zero-order valence-corrected chi connectivity index (χ0v) is 16.6. The second kappa shape index (κ2) is 8.78. The van der Waals surface area contributed by atoms with Crippen molar-refractivity contribution in [2.24, 2.45) is 0 Å². The van der Waals surface area contributed by atoms with Crippen molar-refractivity contribution in [3.63, 3.8) is 0 Å². The van der Waals surface area contributed by atoms with Crippen molar-refractivity contribution in [3.05, 3.63) is 59.7 Å². The summed E-state index contributed by atoms with van der Waals surface area (Å²) in [4.78, 5) is 28.2. The number of para-hydroxylation sites is 2. The van der Waals surface area contributed by atoms with Crippen LogP contribution in [0.5, 0.6) is 11.5 Å². The number of methoxy groups -OCH3 is 1. The highest BCUT2D eigenvalue weighted by atomic mass is 16.5. The second-order valence-electron chi connectivity index (χ2n) is 7.05. The van der Waals surface area contributed by atoms with E-state index in [2.05, 4.69) is 6.07 Å². The molecule has 0 bridgehead atoms. The van der Waals surface area contributed by atoms with Crippen molar-refractivity contribution in [1.82, 2.24) is 9.80 Å². The Balaban J connectivity index is 1.72. The third-order valence-electron chi connectivity index (χ3n) is 5.02. The van der Waals surface area contributed by atoms with E-state index in [1.807, 2.05) is 29.2 Å². The molecule has 1 atom stereocenters. The third kappa shape index (κ3) is 4.27. The lowest BCUT2D eigenvalue weighted by Gasteiger charge is -2.20. The van der Waals surface area contributed by atoms with E-state index in [1.165, 1.54) is 4.90 Å². The Morgan fingerprint density at radius 1 is 1.07 bits per heavy atom. The Morgan fingerprint density at radius 2 is 1.75 bits per heavy atom. The van der Waals surface area contributed by atoms with Gasteiger partial charge in [-0.05, 0) is 30.2 Å². The fraction of sp³-hybridized carbons (Fsp3) is 0.364. The Kier molecular flexibility index (Phi) is 6.19. The highest BCUT2D eigenvalue weighted by Gasteiger charge is 2.30. The maximum atomic E-state index is 13.1. The van der Waals surface area contributed by atoms with E-state index in [-0.39, 0.29) is 24.3 Å². The summed E-state index contributed by atoms with van der Waals surface area (Å²) in [6.45, 7) is 1.21. The van der Waals surface area contributed by atoms with Gasteiger partial charge >= 0.3 is 0 Å². The van der Waals surface area contributed by atoms with Gasteiger partial charge in [0, 0.05) is 33.1 Å². The zero-order chi connectivity index (χ0) is 20.1. The lowest BCUT2D eigenvalue weighted by molar-refractivity contribution is -0.130. The molecule has 1 saturated heterocycles. The standard InChI is InChI=1S/C22H26N2O4/c1-23(2)21(25)15-28-20-11-7-5-9-18(20)22(26)24-13-12-16(14-24)17-8-4-6-10-19(17)27-3/h4-11,16H,12-15H2,1-3H3. The lowest BCUT2D eigenvalue weighted by atomic mass is 9.97. The van der Waals surface area contributed by atoms with Crippen molar-refractivity contribution < 1.29 is 19.1 Å². The van der Waals surface area contributed by atoms with Crippen molar-refractivity contribution >= 4 is 11.8 Å². The number of carbonyl (C=O) groups excluding carboxylic acids is 2. The van der Waals surface area contributed by atoms with Gasteiger partial charge in [0.1, 0.15) is 11.5 Å². The first-order valence-corrected chi connectivity index (χ1v) is 9.35. The normalized spacial score (nSPS) is 16.0. The van der Waals surface area contributed by atoms with E-state index in [1.54, 1.807) is 39.4 Å². The summed E-state index contributed by atoms with van der Waals surface area (Å²) in [6.07, 6.45) is 0.883. The van der Waals surface area contributed by atoms with Crippen LogP contribution in [0.3, 0.4) is 0 Å². The molecule has 2 amide bonds. The largest absolute Gasteiger partial charge is 0.496 e. The van der Waals surface area contributed by atoms with Gasteiger partial charge in [-0.1, -0.05) is 30.3 Å². The van der Waals surface area contributed by atoms with E-state index >= 15 is 0 Å². The molecule has 0 spiro atoms. The molecule has 0 N–H and O–H groups in total. The molecular formula is C22H26N2O4. The van der Waals surface area contributed by atoms with Crippen LogP contribution in [0.25, 0.3) is 0 Å². The van der Waals surface area contributed by atoms with Crippen molar-refractivity contribution in [3.8, 4) is 11.5 Å². The minimum absolute atomic E-state index is 0.0784. The summed E-state index contributed by atoms with van der Waals surface area (Å²) in [6, 6.07) is 15.0. The first-order valence-electron chi connectivity index (χ1n) is 9.35. The number of hydrogen-bond donors (Lipinski definition) is 0. The quantitative estimate of drug-likeness (QED) is 0.771. The summed E-state index contributed by atoms with van der Waals surface area (Å²) >= 11 is 0. The van der Waals surface area contributed by atoms with Gasteiger partial charge in [-0.15, -0.1) is 0 Å². The molecule has 2 aromatic carbocycles. The molecule has 0 aliphatic carbocycles. The first-order chi connectivity index (χ1) is 13.5. The van der Waals surface area contributed by atoms with Crippen LogP contribution in [-0.2, 0) is 4.79 Å². The van der Waals surface area contributed by atoms with Crippen molar-refractivity contribution in [1.29, 1.82) is 0 Å². The van der Waals surface area contributed by atoms with Gasteiger partial charge in [-0.25, -0.2) is 0 Å². The molecule has 148 valence electrons. The maximum absolute atomic E-state index is 13.1. The van der Waals surface area contributed by atoms with Crippen molar-refractivity contribution in [2.75, 3.05) is 40.9 Å². The second-order valence-corrected chi connectivity index (χ2v) is 7.05. The van der Waals surface area contributed by atoms with Gasteiger partial charge < -0.3 is 19.3 Å².